The van der Waals surface area contributed by atoms with Crippen molar-refractivity contribution in [3.63, 3.8) is 0 Å². The Bertz CT molecular complexity index is 719. The molecule has 2 atom stereocenters. The second-order valence-electron chi connectivity index (χ2n) is 6.95. The minimum absolute atomic E-state index is 0.238. The number of ether oxygens (including phenoxy) is 1. The summed E-state index contributed by atoms with van der Waals surface area (Å²) in [7, 11) is 1.63. The van der Waals surface area contributed by atoms with Crippen molar-refractivity contribution in [2.75, 3.05) is 20.2 Å². The molecule has 1 aliphatic carbocycles. The van der Waals surface area contributed by atoms with Crippen LogP contribution in [0.5, 0.6) is 5.75 Å². The first-order valence-corrected chi connectivity index (χ1v) is 8.08. The number of piperidine rings is 1. The normalized spacial score (nSPS) is 26.3. The molecule has 2 aliphatic rings. The quantitative estimate of drug-likeness (QED) is 0.668. The molecule has 1 heterocycles. The lowest BCUT2D eigenvalue weighted by atomic mass is 9.97. The first-order chi connectivity index (χ1) is 12.2. The predicted molar refractivity (Wildman–Crippen MR) is 91.2 cm³/mol. The molecule has 26 heavy (non-hydrogen) atoms. The number of nitrogens with zero attached hydrogens (tertiary/aromatic N) is 1. The summed E-state index contributed by atoms with van der Waals surface area (Å²) in [6, 6.07) is 3.99. The van der Waals surface area contributed by atoms with Crippen molar-refractivity contribution in [3.8, 4) is 5.75 Å². The zero-order valence-corrected chi connectivity index (χ0v) is 15.0. The molecule has 8 nitrogen and oxygen atoms in total. The van der Waals surface area contributed by atoms with Crippen molar-refractivity contribution in [3.05, 3.63) is 28.8 Å². The Morgan fingerprint density at radius 2 is 1.65 bits per heavy atom. The number of rotatable bonds is 5. The molecule has 0 radical (unpaired) electrons. The van der Waals surface area contributed by atoms with Crippen molar-refractivity contribution in [2.45, 2.75) is 26.8 Å². The molecule has 0 unspecified atom stereocenters. The fourth-order valence-corrected chi connectivity index (χ4v) is 3.99. The molecule has 1 aromatic carbocycles. The number of benzene rings is 1. The van der Waals surface area contributed by atoms with E-state index in [1.807, 2.05) is 30.9 Å². The van der Waals surface area contributed by atoms with Gasteiger partial charge in [0.2, 0.25) is 0 Å². The molecule has 3 rings (SSSR count). The number of methoxy groups -OCH3 is 1. The molecule has 1 saturated heterocycles. The first-order valence-electron chi connectivity index (χ1n) is 8.08. The molecule has 1 aliphatic heterocycles. The van der Waals surface area contributed by atoms with Gasteiger partial charge in [0, 0.05) is 19.6 Å². The second-order valence-corrected chi connectivity index (χ2v) is 6.95. The van der Waals surface area contributed by atoms with Crippen molar-refractivity contribution in [1.82, 2.24) is 4.90 Å². The highest BCUT2D eigenvalue weighted by molar-refractivity contribution is 5.94. The summed E-state index contributed by atoms with van der Waals surface area (Å²) in [6.07, 6.45) is 0.238. The van der Waals surface area contributed by atoms with Gasteiger partial charge in [0.1, 0.15) is 5.75 Å². The van der Waals surface area contributed by atoms with Crippen LogP contribution in [0.2, 0.25) is 0 Å². The van der Waals surface area contributed by atoms with Gasteiger partial charge in [-0.2, -0.15) is 0 Å². The number of carbonyl (C=O) groups is 3. The van der Waals surface area contributed by atoms with Crippen LogP contribution in [0.25, 0.3) is 0 Å². The Kier molecular flexibility index (Phi) is 5.27. The Morgan fingerprint density at radius 3 is 2.08 bits per heavy atom. The molecule has 0 aromatic heterocycles. The van der Waals surface area contributed by atoms with Gasteiger partial charge in [-0.05, 0) is 43.0 Å². The Hall–Kier alpha value is -2.61. The molecule has 1 saturated carbocycles. The van der Waals surface area contributed by atoms with Gasteiger partial charge in [-0.1, -0.05) is 6.07 Å². The number of likely N-dealkylation sites (tertiary alicyclic amines) is 1. The van der Waals surface area contributed by atoms with E-state index in [2.05, 4.69) is 0 Å². The van der Waals surface area contributed by atoms with E-state index in [0.29, 0.717) is 19.6 Å². The Labute approximate surface area is 151 Å². The number of hydrogen-bond donors (Lipinski definition) is 3. The van der Waals surface area contributed by atoms with Crippen LogP contribution >= 0.6 is 0 Å². The molecule has 1 aromatic rings. The second kappa shape index (κ2) is 6.95. The minimum Gasteiger partial charge on any atom is -0.496 e. The first kappa shape index (κ1) is 19.7. The van der Waals surface area contributed by atoms with Gasteiger partial charge in [0.15, 0.2) is 0 Å². The molecule has 2 fully saturated rings. The van der Waals surface area contributed by atoms with E-state index in [4.69, 9.17) is 14.6 Å². The smallest absolute Gasteiger partial charge is 0.312 e. The Morgan fingerprint density at radius 1 is 1.15 bits per heavy atom. The maximum atomic E-state index is 11.6. The molecule has 8 heteroatoms. The number of carboxylic acids is 2. The van der Waals surface area contributed by atoms with Crippen LogP contribution < -0.4 is 4.74 Å². The fraction of sp³-hybridized carbons (Fsp3) is 0.500. The summed E-state index contributed by atoms with van der Waals surface area (Å²) in [5, 5.41) is 25.8. The molecule has 0 bridgehead atoms. The molecule has 3 N–H and O–H groups in total. The molecule has 0 amide bonds. The van der Waals surface area contributed by atoms with Gasteiger partial charge in [0.05, 0.1) is 17.9 Å². The third kappa shape index (κ3) is 3.01. The maximum absolute atomic E-state index is 11.6. The van der Waals surface area contributed by atoms with Gasteiger partial charge in [0.25, 0.3) is 6.47 Å². The van der Waals surface area contributed by atoms with E-state index in [1.165, 1.54) is 0 Å². The Balaban J connectivity index is 0.000000758. The SMILES string of the molecule is COc1cc(C)c(CN2C[C@@]3(C(=O)O)C[C@@]3(C(=O)O)C2)cc1C.O=CO. The molecule has 142 valence electrons. The summed E-state index contributed by atoms with van der Waals surface area (Å²) < 4.78 is 5.30. The monoisotopic (exact) mass is 365 g/mol. The van der Waals surface area contributed by atoms with Crippen molar-refractivity contribution in [2.24, 2.45) is 10.8 Å². The minimum atomic E-state index is -1.12. The van der Waals surface area contributed by atoms with E-state index >= 15 is 0 Å². The summed E-state index contributed by atoms with van der Waals surface area (Å²) >= 11 is 0. The lowest BCUT2D eigenvalue weighted by Gasteiger charge is -2.21. The number of hydrogen-bond acceptors (Lipinski definition) is 5. The van der Waals surface area contributed by atoms with Crippen LogP contribution in [-0.2, 0) is 20.9 Å². The maximum Gasteiger partial charge on any atom is 0.312 e. The van der Waals surface area contributed by atoms with Gasteiger partial charge < -0.3 is 20.1 Å². The summed E-state index contributed by atoms with van der Waals surface area (Å²) in [4.78, 5) is 33.4. The highest BCUT2D eigenvalue weighted by Gasteiger charge is 2.80. The summed E-state index contributed by atoms with van der Waals surface area (Å²) in [5.41, 5.74) is 0.911. The van der Waals surface area contributed by atoms with E-state index in [-0.39, 0.29) is 12.9 Å². The fourth-order valence-electron chi connectivity index (χ4n) is 3.99. The average molecular weight is 365 g/mol. The van der Waals surface area contributed by atoms with Crippen molar-refractivity contribution in [1.29, 1.82) is 0 Å². The molecule has 0 spiro atoms. The van der Waals surface area contributed by atoms with Gasteiger partial charge in [-0.25, -0.2) is 0 Å². The zero-order chi connectivity index (χ0) is 19.7. The highest BCUT2D eigenvalue weighted by Crippen LogP contribution is 2.68. The van der Waals surface area contributed by atoms with E-state index in [1.54, 1.807) is 7.11 Å². The lowest BCUT2D eigenvalue weighted by molar-refractivity contribution is -0.151. The van der Waals surface area contributed by atoms with Gasteiger partial charge in [-0.3, -0.25) is 19.3 Å². The van der Waals surface area contributed by atoms with Gasteiger partial charge in [-0.15, -0.1) is 0 Å². The zero-order valence-electron chi connectivity index (χ0n) is 15.0. The number of aliphatic carboxylic acids is 2. The van der Waals surface area contributed by atoms with E-state index in [9.17, 15) is 19.8 Å². The highest BCUT2D eigenvalue weighted by atomic mass is 16.5. The summed E-state index contributed by atoms with van der Waals surface area (Å²) in [5.74, 6) is -1.17. The number of carboxylic acid groups (broad SMARTS) is 3. The third-order valence-electron chi connectivity index (χ3n) is 5.45. The van der Waals surface area contributed by atoms with E-state index < -0.39 is 22.8 Å². The van der Waals surface area contributed by atoms with Crippen molar-refractivity contribution >= 4 is 18.4 Å². The summed E-state index contributed by atoms with van der Waals surface area (Å²) in [6.45, 7) is 4.83. The standard InChI is InChI=1S/C17H21NO5.CH2O2/c1-10-5-13(23-3)11(2)4-12(10)6-18-8-16(14(19)20)7-17(16,9-18)15(21)22;2-1-3/h4-5H,6-9H2,1-3H3,(H,19,20)(H,21,22);1H,(H,2,3)/t16-,17+;. The van der Waals surface area contributed by atoms with Crippen LogP contribution in [0.1, 0.15) is 23.1 Å². The van der Waals surface area contributed by atoms with Gasteiger partial charge >= 0.3 is 11.9 Å². The number of aryl methyl sites for hydroxylation is 2. The van der Waals surface area contributed by atoms with Crippen molar-refractivity contribution < 1.29 is 34.4 Å². The third-order valence-corrected chi connectivity index (χ3v) is 5.45. The van der Waals surface area contributed by atoms with E-state index in [0.717, 1.165) is 22.4 Å². The van der Waals surface area contributed by atoms with Crippen LogP contribution in [-0.4, -0.2) is 58.8 Å². The van der Waals surface area contributed by atoms with Crippen LogP contribution in [0.15, 0.2) is 12.1 Å². The van der Waals surface area contributed by atoms with Crippen LogP contribution in [0.3, 0.4) is 0 Å². The predicted octanol–water partition coefficient (Wildman–Crippen LogP) is 1.37. The largest absolute Gasteiger partial charge is 0.496 e. The number of fused-ring (bicyclic) bond motifs is 1. The average Bonchev–Trinajstić information content (AvgIpc) is 3.11. The van der Waals surface area contributed by atoms with Crippen LogP contribution in [0, 0.1) is 24.7 Å². The lowest BCUT2D eigenvalue weighted by Crippen LogP contribution is -2.28. The molecular weight excluding hydrogens is 342 g/mol. The molecular formula is C18H23NO7. The topological polar surface area (TPSA) is 124 Å². The van der Waals surface area contributed by atoms with Crippen LogP contribution in [0.4, 0.5) is 0 Å².